The molecule has 3 rings (SSSR count). The fourth-order valence-corrected chi connectivity index (χ4v) is 3.86. The molecule has 0 aromatic carbocycles. The van der Waals surface area contributed by atoms with Crippen LogP contribution in [0, 0.1) is 12.8 Å². The number of aryl methyl sites for hydroxylation is 1. The summed E-state index contributed by atoms with van der Waals surface area (Å²) in [5, 5.41) is 4.41. The highest BCUT2D eigenvalue weighted by Gasteiger charge is 2.44. The highest BCUT2D eigenvalue weighted by Crippen LogP contribution is 2.44. The van der Waals surface area contributed by atoms with Gasteiger partial charge in [0.2, 0.25) is 0 Å². The lowest BCUT2D eigenvalue weighted by atomic mass is 9.72. The molecule has 2 atom stereocenters. The van der Waals surface area contributed by atoms with Crippen LogP contribution < -0.4 is 0 Å². The zero-order chi connectivity index (χ0) is 17.4. The Bertz CT molecular complexity index is 758. The molecule has 0 radical (unpaired) electrons. The van der Waals surface area contributed by atoms with E-state index < -0.39 is 5.92 Å². The van der Waals surface area contributed by atoms with Crippen molar-refractivity contribution in [3.63, 3.8) is 0 Å². The standard InChI is InChI=1S/C18H23N3O3/c1-5-21-11(3)12(9-19-21)16-15(18(23)24-4)10(2)20-13-7-6-8-14(22)17(13)16/h9,15-16H,5-8H2,1-4H3. The molecule has 0 spiro atoms. The van der Waals surface area contributed by atoms with Crippen molar-refractivity contribution >= 4 is 17.5 Å². The van der Waals surface area contributed by atoms with Crippen molar-refractivity contribution in [2.45, 2.75) is 52.5 Å². The lowest BCUT2D eigenvalue weighted by Crippen LogP contribution is -2.37. The number of rotatable bonds is 3. The molecule has 1 aromatic rings. The lowest BCUT2D eigenvalue weighted by molar-refractivity contribution is -0.143. The molecule has 0 N–H and O–H groups in total. The van der Waals surface area contributed by atoms with Gasteiger partial charge in [0.1, 0.15) is 5.92 Å². The predicted molar refractivity (Wildman–Crippen MR) is 89.9 cm³/mol. The van der Waals surface area contributed by atoms with Crippen molar-refractivity contribution in [3.8, 4) is 0 Å². The smallest absolute Gasteiger partial charge is 0.315 e. The van der Waals surface area contributed by atoms with Gasteiger partial charge in [-0.15, -0.1) is 0 Å². The van der Waals surface area contributed by atoms with Crippen molar-refractivity contribution in [3.05, 3.63) is 28.7 Å². The van der Waals surface area contributed by atoms with Crippen molar-refractivity contribution in [2.75, 3.05) is 7.11 Å². The molecule has 0 saturated carbocycles. The number of carbonyl (C=O) groups excluding carboxylic acids is 2. The van der Waals surface area contributed by atoms with Gasteiger partial charge in [0.25, 0.3) is 0 Å². The van der Waals surface area contributed by atoms with Gasteiger partial charge in [-0.3, -0.25) is 19.3 Å². The first-order valence-corrected chi connectivity index (χ1v) is 8.41. The van der Waals surface area contributed by atoms with E-state index in [1.165, 1.54) is 7.11 Å². The number of nitrogens with zero attached hydrogens (tertiary/aromatic N) is 3. The molecule has 128 valence electrons. The van der Waals surface area contributed by atoms with Crippen LogP contribution in [0.15, 0.2) is 22.5 Å². The predicted octanol–water partition coefficient (Wildman–Crippen LogP) is 2.57. The minimum atomic E-state index is -0.566. The topological polar surface area (TPSA) is 73.5 Å². The third-order valence-electron chi connectivity index (χ3n) is 5.07. The number of ether oxygens (including phenoxy) is 1. The van der Waals surface area contributed by atoms with Gasteiger partial charge in [0.05, 0.1) is 13.3 Å². The molecule has 1 aromatic heterocycles. The second kappa shape index (κ2) is 6.34. The van der Waals surface area contributed by atoms with Crippen molar-refractivity contribution < 1.29 is 14.3 Å². The fourth-order valence-electron chi connectivity index (χ4n) is 3.86. The summed E-state index contributed by atoms with van der Waals surface area (Å²) in [6.07, 6.45) is 3.89. The Morgan fingerprint density at radius 2 is 2.12 bits per heavy atom. The van der Waals surface area contributed by atoms with Crippen LogP contribution in [-0.2, 0) is 20.9 Å². The number of hydrogen-bond acceptors (Lipinski definition) is 5. The molecule has 6 nitrogen and oxygen atoms in total. The van der Waals surface area contributed by atoms with Crippen LogP contribution in [0.2, 0.25) is 0 Å². The van der Waals surface area contributed by atoms with Gasteiger partial charge in [-0.1, -0.05) is 0 Å². The quantitative estimate of drug-likeness (QED) is 0.799. The highest BCUT2D eigenvalue weighted by molar-refractivity contribution is 6.08. The van der Waals surface area contributed by atoms with E-state index in [2.05, 4.69) is 10.1 Å². The fraction of sp³-hybridized carbons (Fsp3) is 0.556. The molecular weight excluding hydrogens is 306 g/mol. The van der Waals surface area contributed by atoms with Gasteiger partial charge in [0, 0.05) is 47.1 Å². The Labute approximate surface area is 141 Å². The number of carbonyl (C=O) groups is 2. The molecular formula is C18H23N3O3. The lowest BCUT2D eigenvalue weighted by Gasteiger charge is -2.33. The van der Waals surface area contributed by atoms with Crippen LogP contribution in [0.5, 0.6) is 0 Å². The van der Waals surface area contributed by atoms with Crippen LogP contribution in [0.3, 0.4) is 0 Å². The van der Waals surface area contributed by atoms with Crippen molar-refractivity contribution in [1.82, 2.24) is 9.78 Å². The zero-order valence-electron chi connectivity index (χ0n) is 14.6. The number of hydrogen-bond donors (Lipinski definition) is 0. The third-order valence-corrected chi connectivity index (χ3v) is 5.07. The largest absolute Gasteiger partial charge is 0.468 e. The van der Waals surface area contributed by atoms with Gasteiger partial charge < -0.3 is 4.74 Å². The van der Waals surface area contributed by atoms with E-state index in [9.17, 15) is 9.59 Å². The van der Waals surface area contributed by atoms with Crippen LogP contribution >= 0.6 is 0 Å². The minimum absolute atomic E-state index is 0.0926. The van der Waals surface area contributed by atoms with E-state index in [-0.39, 0.29) is 17.7 Å². The van der Waals surface area contributed by atoms with Crippen LogP contribution in [0.4, 0.5) is 0 Å². The Balaban J connectivity index is 2.20. The molecule has 2 unspecified atom stereocenters. The summed E-state index contributed by atoms with van der Waals surface area (Å²) in [6, 6.07) is 0. The maximum atomic E-state index is 12.7. The monoisotopic (exact) mass is 329 g/mol. The zero-order valence-corrected chi connectivity index (χ0v) is 14.6. The van der Waals surface area contributed by atoms with Gasteiger partial charge in [-0.2, -0.15) is 5.10 Å². The summed E-state index contributed by atoms with van der Waals surface area (Å²) >= 11 is 0. The molecule has 6 heteroatoms. The first-order chi connectivity index (χ1) is 11.5. The van der Waals surface area contributed by atoms with Crippen LogP contribution in [0.25, 0.3) is 0 Å². The number of ketones is 1. The van der Waals surface area contributed by atoms with E-state index in [4.69, 9.17) is 4.74 Å². The molecule has 0 amide bonds. The highest BCUT2D eigenvalue weighted by atomic mass is 16.5. The number of Topliss-reactive ketones (excluding diaryl/α,β-unsaturated/α-hetero) is 1. The van der Waals surface area contributed by atoms with E-state index in [1.807, 2.05) is 25.5 Å². The first-order valence-electron chi connectivity index (χ1n) is 8.41. The van der Waals surface area contributed by atoms with Crippen molar-refractivity contribution in [1.29, 1.82) is 0 Å². The number of aromatic nitrogens is 2. The second-order valence-electron chi connectivity index (χ2n) is 6.37. The van der Waals surface area contributed by atoms with Crippen LogP contribution in [-0.4, -0.2) is 34.4 Å². The van der Waals surface area contributed by atoms with E-state index >= 15 is 0 Å². The Kier molecular flexibility index (Phi) is 4.39. The average Bonchev–Trinajstić information content (AvgIpc) is 2.93. The Morgan fingerprint density at radius 3 is 2.75 bits per heavy atom. The number of esters is 1. The maximum Gasteiger partial charge on any atom is 0.315 e. The van der Waals surface area contributed by atoms with Gasteiger partial charge >= 0.3 is 5.97 Å². The summed E-state index contributed by atoms with van der Waals surface area (Å²) in [4.78, 5) is 29.7. The molecule has 2 heterocycles. The SMILES string of the molecule is CCn1ncc(C2C3=C(CCCC3=O)N=C(C)C2C(=O)OC)c1C. The van der Waals surface area contributed by atoms with E-state index in [0.717, 1.165) is 36.3 Å². The Hall–Kier alpha value is -2.24. The maximum absolute atomic E-state index is 12.7. The molecule has 0 fully saturated rings. The van der Waals surface area contributed by atoms with Gasteiger partial charge in [-0.05, 0) is 33.6 Å². The molecule has 2 aliphatic rings. The number of allylic oxidation sites excluding steroid dienone is 2. The van der Waals surface area contributed by atoms with Gasteiger partial charge in [0.15, 0.2) is 5.78 Å². The van der Waals surface area contributed by atoms with Gasteiger partial charge in [-0.25, -0.2) is 0 Å². The number of methoxy groups -OCH3 is 1. The van der Waals surface area contributed by atoms with Crippen molar-refractivity contribution in [2.24, 2.45) is 10.9 Å². The third kappa shape index (κ3) is 2.50. The molecule has 0 saturated heterocycles. The summed E-state index contributed by atoms with van der Waals surface area (Å²) < 4.78 is 6.91. The number of aliphatic imine (C=N–C) groups is 1. The van der Waals surface area contributed by atoms with Crippen LogP contribution in [0.1, 0.15) is 50.3 Å². The summed E-state index contributed by atoms with van der Waals surface area (Å²) in [6.45, 7) is 6.59. The normalized spacial score (nSPS) is 23.8. The minimum Gasteiger partial charge on any atom is -0.468 e. The first kappa shape index (κ1) is 16.6. The molecule has 1 aliphatic heterocycles. The van der Waals surface area contributed by atoms with E-state index in [0.29, 0.717) is 17.7 Å². The van der Waals surface area contributed by atoms with E-state index in [1.54, 1.807) is 6.20 Å². The summed E-state index contributed by atoms with van der Waals surface area (Å²) in [5.74, 6) is -1.17. The molecule has 1 aliphatic carbocycles. The Morgan fingerprint density at radius 1 is 1.38 bits per heavy atom. The second-order valence-corrected chi connectivity index (χ2v) is 6.37. The summed E-state index contributed by atoms with van der Waals surface area (Å²) in [7, 11) is 1.38. The molecule has 0 bridgehead atoms. The molecule has 24 heavy (non-hydrogen) atoms. The average molecular weight is 329 g/mol. The summed E-state index contributed by atoms with van der Waals surface area (Å²) in [5.41, 5.74) is 4.13.